The van der Waals surface area contributed by atoms with E-state index in [9.17, 15) is 13.6 Å². The van der Waals surface area contributed by atoms with Crippen LogP contribution in [0.3, 0.4) is 0 Å². The van der Waals surface area contributed by atoms with E-state index in [4.69, 9.17) is 4.74 Å². The summed E-state index contributed by atoms with van der Waals surface area (Å²) < 4.78 is 35.2. The van der Waals surface area contributed by atoms with Crippen LogP contribution in [0.4, 0.5) is 8.78 Å². The van der Waals surface area contributed by atoms with Gasteiger partial charge in [0.05, 0.1) is 20.6 Å². The molecule has 1 aromatic heterocycles. The molecule has 4 nitrogen and oxygen atoms in total. The molecular weight excluding hydrogens is 300 g/mol. The summed E-state index contributed by atoms with van der Waals surface area (Å²) >= 11 is 3.00. The van der Waals surface area contributed by atoms with Crippen molar-refractivity contribution in [3.8, 4) is 5.88 Å². The normalized spacial score (nSPS) is 10.5. The molecule has 1 rings (SSSR count). The lowest BCUT2D eigenvalue weighted by Gasteiger charge is -2.12. The maximum Gasteiger partial charge on any atom is 0.310 e. The van der Waals surface area contributed by atoms with Crippen molar-refractivity contribution in [3.63, 3.8) is 0 Å². The second kappa shape index (κ2) is 5.90. The topological polar surface area (TPSA) is 48.4 Å². The van der Waals surface area contributed by atoms with Crippen LogP contribution < -0.4 is 4.74 Å². The van der Waals surface area contributed by atoms with Gasteiger partial charge in [-0.05, 0) is 22.0 Å². The van der Waals surface area contributed by atoms with Crippen molar-refractivity contribution in [1.82, 2.24) is 4.98 Å². The Morgan fingerprint density at radius 3 is 2.65 bits per heavy atom. The zero-order valence-electron chi connectivity index (χ0n) is 9.17. The summed E-state index contributed by atoms with van der Waals surface area (Å²) in [7, 11) is 2.48. The molecule has 0 unspecified atom stereocenters. The maximum absolute atomic E-state index is 12.8. The van der Waals surface area contributed by atoms with E-state index < -0.39 is 12.4 Å². The van der Waals surface area contributed by atoms with E-state index >= 15 is 0 Å². The molecule has 0 aliphatic carbocycles. The van der Waals surface area contributed by atoms with Gasteiger partial charge >= 0.3 is 5.97 Å². The Morgan fingerprint density at radius 2 is 2.18 bits per heavy atom. The SMILES string of the molecule is COC(=O)Cc1c(C(F)F)cc(Br)nc1OC. The van der Waals surface area contributed by atoms with Crippen molar-refractivity contribution < 1.29 is 23.0 Å². The van der Waals surface area contributed by atoms with Crippen LogP contribution in [-0.2, 0) is 16.0 Å². The van der Waals surface area contributed by atoms with Gasteiger partial charge in [-0.1, -0.05) is 0 Å². The van der Waals surface area contributed by atoms with Gasteiger partial charge in [-0.3, -0.25) is 4.79 Å². The lowest BCUT2D eigenvalue weighted by molar-refractivity contribution is -0.139. The Morgan fingerprint density at radius 1 is 1.53 bits per heavy atom. The van der Waals surface area contributed by atoms with E-state index in [0.29, 0.717) is 0 Å². The fraction of sp³-hybridized carbons (Fsp3) is 0.400. The first-order valence-corrected chi connectivity index (χ1v) is 5.37. The second-order valence-electron chi connectivity index (χ2n) is 3.08. The molecule has 0 amide bonds. The van der Waals surface area contributed by atoms with E-state index in [1.54, 1.807) is 0 Å². The predicted octanol–water partition coefficient (Wildman–Crippen LogP) is 2.51. The van der Waals surface area contributed by atoms with E-state index in [2.05, 4.69) is 25.7 Å². The Kier molecular flexibility index (Phi) is 4.80. The number of halogens is 3. The van der Waals surface area contributed by atoms with Crippen LogP contribution in [0.1, 0.15) is 17.6 Å². The van der Waals surface area contributed by atoms with E-state index in [0.717, 1.165) is 6.07 Å². The molecule has 17 heavy (non-hydrogen) atoms. The van der Waals surface area contributed by atoms with Crippen molar-refractivity contribution in [2.24, 2.45) is 0 Å². The molecule has 0 fully saturated rings. The van der Waals surface area contributed by atoms with Crippen molar-refractivity contribution in [3.05, 3.63) is 21.8 Å². The molecule has 7 heteroatoms. The number of nitrogens with zero attached hydrogens (tertiary/aromatic N) is 1. The van der Waals surface area contributed by atoms with E-state index in [1.807, 2.05) is 0 Å². The first kappa shape index (κ1) is 13.8. The molecular formula is C10H10BrF2NO3. The minimum absolute atomic E-state index is 0.0138. The monoisotopic (exact) mass is 309 g/mol. The van der Waals surface area contributed by atoms with Crippen LogP contribution in [0.2, 0.25) is 0 Å². The van der Waals surface area contributed by atoms with E-state index in [-0.39, 0.29) is 28.0 Å². The number of aromatic nitrogens is 1. The zero-order chi connectivity index (χ0) is 13.0. The number of hydrogen-bond donors (Lipinski definition) is 0. The quantitative estimate of drug-likeness (QED) is 0.633. The summed E-state index contributed by atoms with van der Waals surface area (Å²) in [6.45, 7) is 0. The number of methoxy groups -OCH3 is 2. The Hall–Kier alpha value is -1.24. The summed E-state index contributed by atoms with van der Waals surface area (Å²) in [5, 5.41) is 0. The number of pyridine rings is 1. The number of carbonyl (C=O) groups excluding carboxylic acids is 1. The lowest BCUT2D eigenvalue weighted by Crippen LogP contribution is -2.10. The minimum atomic E-state index is -2.72. The van der Waals surface area contributed by atoms with Crippen molar-refractivity contribution in [2.45, 2.75) is 12.8 Å². The molecule has 0 bridgehead atoms. The molecule has 1 heterocycles. The largest absolute Gasteiger partial charge is 0.481 e. The highest BCUT2D eigenvalue weighted by Crippen LogP contribution is 2.31. The molecule has 0 radical (unpaired) electrons. The van der Waals surface area contributed by atoms with Crippen LogP contribution >= 0.6 is 15.9 Å². The summed E-state index contributed by atoms with van der Waals surface area (Å²) in [6, 6.07) is 1.16. The van der Waals surface area contributed by atoms with Gasteiger partial charge in [0.2, 0.25) is 5.88 Å². The Labute approximate surface area is 105 Å². The van der Waals surface area contributed by atoms with Crippen molar-refractivity contribution in [2.75, 3.05) is 14.2 Å². The highest BCUT2D eigenvalue weighted by molar-refractivity contribution is 9.10. The Balaban J connectivity index is 3.26. The fourth-order valence-corrected chi connectivity index (χ4v) is 1.70. The number of ether oxygens (including phenoxy) is 2. The van der Waals surface area contributed by atoms with Crippen LogP contribution in [-0.4, -0.2) is 25.2 Å². The van der Waals surface area contributed by atoms with Gasteiger partial charge in [-0.15, -0.1) is 0 Å². The zero-order valence-corrected chi connectivity index (χ0v) is 10.8. The van der Waals surface area contributed by atoms with Gasteiger partial charge in [-0.2, -0.15) is 0 Å². The number of carbonyl (C=O) groups is 1. The first-order chi connectivity index (χ1) is 7.99. The number of alkyl halides is 2. The van der Waals surface area contributed by atoms with E-state index in [1.165, 1.54) is 14.2 Å². The average molecular weight is 310 g/mol. The second-order valence-corrected chi connectivity index (χ2v) is 3.89. The number of esters is 1. The molecule has 1 aromatic rings. The number of rotatable bonds is 4. The van der Waals surface area contributed by atoms with Gasteiger partial charge in [0.25, 0.3) is 6.43 Å². The van der Waals surface area contributed by atoms with Crippen molar-refractivity contribution >= 4 is 21.9 Å². The van der Waals surface area contributed by atoms with Crippen LogP contribution in [0, 0.1) is 0 Å². The molecule has 0 aliphatic rings. The summed E-state index contributed by atoms with van der Waals surface area (Å²) in [6.07, 6.45) is -3.03. The molecule has 0 saturated heterocycles. The van der Waals surface area contributed by atoms with Gasteiger partial charge in [-0.25, -0.2) is 13.8 Å². The number of hydrogen-bond acceptors (Lipinski definition) is 4. The fourth-order valence-electron chi connectivity index (χ4n) is 1.29. The standard InChI is InChI=1S/C10H10BrF2NO3/c1-16-8(15)4-6-5(9(12)13)3-7(11)14-10(6)17-2/h3,9H,4H2,1-2H3. The average Bonchev–Trinajstić information content (AvgIpc) is 2.30. The maximum atomic E-state index is 12.8. The highest BCUT2D eigenvalue weighted by Gasteiger charge is 2.21. The van der Waals surface area contributed by atoms with Gasteiger partial charge in [0.1, 0.15) is 4.60 Å². The third kappa shape index (κ3) is 3.36. The third-order valence-corrected chi connectivity index (χ3v) is 2.47. The molecule has 0 atom stereocenters. The van der Waals surface area contributed by atoms with Crippen LogP contribution in [0.15, 0.2) is 10.7 Å². The summed E-state index contributed by atoms with van der Waals surface area (Å²) in [4.78, 5) is 15.0. The van der Waals surface area contributed by atoms with Crippen LogP contribution in [0.5, 0.6) is 5.88 Å². The van der Waals surface area contributed by atoms with Gasteiger partial charge in [0, 0.05) is 11.1 Å². The summed E-state index contributed by atoms with van der Waals surface area (Å²) in [5.74, 6) is -0.644. The van der Waals surface area contributed by atoms with Gasteiger partial charge < -0.3 is 9.47 Å². The lowest BCUT2D eigenvalue weighted by atomic mass is 10.1. The molecule has 0 saturated carbocycles. The molecule has 0 N–H and O–H groups in total. The summed E-state index contributed by atoms with van der Waals surface area (Å²) in [5.41, 5.74) is -0.258. The third-order valence-electron chi connectivity index (χ3n) is 2.07. The van der Waals surface area contributed by atoms with Crippen molar-refractivity contribution in [1.29, 1.82) is 0 Å². The molecule has 0 aliphatic heterocycles. The predicted molar refractivity (Wildman–Crippen MR) is 59.2 cm³/mol. The first-order valence-electron chi connectivity index (χ1n) is 4.57. The highest BCUT2D eigenvalue weighted by atomic mass is 79.9. The molecule has 0 aromatic carbocycles. The van der Waals surface area contributed by atoms with Crippen LogP contribution in [0.25, 0.3) is 0 Å². The Bertz CT molecular complexity index is 426. The molecule has 94 valence electrons. The molecule has 0 spiro atoms. The smallest absolute Gasteiger partial charge is 0.310 e. The van der Waals surface area contributed by atoms with Gasteiger partial charge in [0.15, 0.2) is 0 Å². The minimum Gasteiger partial charge on any atom is -0.481 e.